The van der Waals surface area contributed by atoms with Crippen molar-refractivity contribution in [2.45, 2.75) is 19.9 Å². The number of anilines is 2. The second-order valence-corrected chi connectivity index (χ2v) is 9.36. The monoisotopic (exact) mass is 458 g/mol. The maximum atomic E-state index is 13.0. The molecule has 33 heavy (non-hydrogen) atoms. The van der Waals surface area contributed by atoms with Gasteiger partial charge in [0, 0.05) is 61.8 Å². The number of amides is 1. The Labute approximate surface area is 197 Å². The standard InChI is InChI=1S/C25H26N6OS/c1-17(2)30-7-9-31(10-8-30)24-13-19(5-6-27-24)25(32)29-23-12-21-11-18(22-15-26-16-33-22)3-4-20(21)14-28-23/h3-6,11-17H,7-10H2,1-2H3,(H,28,29,32). The average molecular weight is 459 g/mol. The van der Waals surface area contributed by atoms with E-state index in [1.165, 1.54) is 0 Å². The number of nitrogens with one attached hydrogen (secondary N) is 1. The van der Waals surface area contributed by atoms with E-state index < -0.39 is 0 Å². The van der Waals surface area contributed by atoms with Gasteiger partial charge in [-0.25, -0.2) is 9.97 Å². The minimum absolute atomic E-state index is 0.190. The van der Waals surface area contributed by atoms with Crippen LogP contribution in [0, 0.1) is 0 Å². The second-order valence-electron chi connectivity index (χ2n) is 8.47. The summed E-state index contributed by atoms with van der Waals surface area (Å²) in [7, 11) is 0. The molecule has 4 heterocycles. The highest BCUT2D eigenvalue weighted by Crippen LogP contribution is 2.28. The third-order valence-electron chi connectivity index (χ3n) is 6.06. The molecule has 1 N–H and O–H groups in total. The van der Waals surface area contributed by atoms with E-state index in [1.807, 2.05) is 29.9 Å². The predicted octanol–water partition coefficient (Wildman–Crippen LogP) is 4.54. The number of nitrogens with zero attached hydrogens (tertiary/aromatic N) is 5. The first-order valence-electron chi connectivity index (χ1n) is 11.1. The van der Waals surface area contributed by atoms with E-state index in [0.717, 1.165) is 53.2 Å². The largest absolute Gasteiger partial charge is 0.354 e. The van der Waals surface area contributed by atoms with Crippen LogP contribution >= 0.6 is 11.3 Å². The smallest absolute Gasteiger partial charge is 0.257 e. The van der Waals surface area contributed by atoms with Crippen LogP contribution in [0.5, 0.6) is 0 Å². The number of hydrogen-bond acceptors (Lipinski definition) is 7. The Morgan fingerprint density at radius 1 is 1.00 bits per heavy atom. The highest BCUT2D eigenvalue weighted by atomic mass is 32.1. The van der Waals surface area contributed by atoms with Crippen LogP contribution < -0.4 is 10.2 Å². The molecule has 0 radical (unpaired) electrons. The molecule has 0 saturated carbocycles. The normalized spacial score (nSPS) is 14.7. The summed E-state index contributed by atoms with van der Waals surface area (Å²) in [5, 5.41) is 4.98. The first-order valence-corrected chi connectivity index (χ1v) is 12.0. The molecular formula is C25H26N6OS. The minimum atomic E-state index is -0.190. The van der Waals surface area contributed by atoms with Crippen LogP contribution in [0.1, 0.15) is 24.2 Å². The molecule has 0 aliphatic carbocycles. The van der Waals surface area contributed by atoms with E-state index in [4.69, 9.17) is 0 Å². The van der Waals surface area contributed by atoms with Gasteiger partial charge in [-0.3, -0.25) is 14.7 Å². The number of hydrogen-bond donors (Lipinski definition) is 1. The van der Waals surface area contributed by atoms with Crippen LogP contribution in [0.3, 0.4) is 0 Å². The third-order valence-corrected chi connectivity index (χ3v) is 6.88. The van der Waals surface area contributed by atoms with Gasteiger partial charge in [0.2, 0.25) is 0 Å². The van der Waals surface area contributed by atoms with E-state index in [1.54, 1.807) is 29.8 Å². The van der Waals surface area contributed by atoms with Gasteiger partial charge in [-0.1, -0.05) is 12.1 Å². The van der Waals surface area contributed by atoms with Crippen molar-refractivity contribution in [1.82, 2.24) is 19.9 Å². The SMILES string of the molecule is CC(C)N1CCN(c2cc(C(=O)Nc3cc4cc(-c5cncs5)ccc4cn3)ccn2)CC1. The molecule has 8 heteroatoms. The Kier molecular flexibility index (Phi) is 6.02. The quantitative estimate of drug-likeness (QED) is 0.473. The number of carbonyl (C=O) groups excluding carboxylic acids is 1. The fourth-order valence-corrected chi connectivity index (χ4v) is 4.73. The van der Waals surface area contributed by atoms with Gasteiger partial charge in [0.25, 0.3) is 5.91 Å². The summed E-state index contributed by atoms with van der Waals surface area (Å²) >= 11 is 1.60. The van der Waals surface area contributed by atoms with Gasteiger partial charge in [-0.2, -0.15) is 0 Å². The molecule has 1 saturated heterocycles. The lowest BCUT2D eigenvalue weighted by Gasteiger charge is -2.37. The fourth-order valence-electron chi connectivity index (χ4n) is 4.11. The van der Waals surface area contributed by atoms with Crippen LogP contribution in [0.15, 0.2) is 60.5 Å². The summed E-state index contributed by atoms with van der Waals surface area (Å²) in [5.74, 6) is 1.18. The van der Waals surface area contributed by atoms with Crippen molar-refractivity contribution in [1.29, 1.82) is 0 Å². The number of benzene rings is 1. The Morgan fingerprint density at radius 2 is 1.85 bits per heavy atom. The van der Waals surface area contributed by atoms with Crippen LogP contribution in [-0.4, -0.2) is 58.0 Å². The van der Waals surface area contributed by atoms with E-state index >= 15 is 0 Å². The summed E-state index contributed by atoms with van der Waals surface area (Å²) in [6.07, 6.45) is 5.35. The van der Waals surface area contributed by atoms with Gasteiger partial charge in [0.15, 0.2) is 0 Å². The van der Waals surface area contributed by atoms with Crippen molar-refractivity contribution in [3.8, 4) is 10.4 Å². The summed E-state index contributed by atoms with van der Waals surface area (Å²) in [4.78, 5) is 31.9. The van der Waals surface area contributed by atoms with Crippen LogP contribution in [0.2, 0.25) is 0 Å². The molecule has 7 nitrogen and oxygen atoms in total. The van der Waals surface area contributed by atoms with Crippen molar-refractivity contribution < 1.29 is 4.79 Å². The molecule has 0 atom stereocenters. The van der Waals surface area contributed by atoms with Gasteiger partial charge >= 0.3 is 0 Å². The molecule has 1 aromatic carbocycles. The molecule has 1 aliphatic rings. The minimum Gasteiger partial charge on any atom is -0.354 e. The van der Waals surface area contributed by atoms with E-state index in [2.05, 4.69) is 56.0 Å². The zero-order chi connectivity index (χ0) is 22.8. The predicted molar refractivity (Wildman–Crippen MR) is 134 cm³/mol. The number of carbonyl (C=O) groups is 1. The van der Waals surface area contributed by atoms with Gasteiger partial charge in [0.05, 0.1) is 10.4 Å². The molecule has 5 rings (SSSR count). The molecule has 1 amide bonds. The third kappa shape index (κ3) is 4.72. The van der Waals surface area contributed by atoms with Gasteiger partial charge in [-0.15, -0.1) is 11.3 Å². The van der Waals surface area contributed by atoms with E-state index in [-0.39, 0.29) is 5.91 Å². The first-order chi connectivity index (χ1) is 16.1. The number of fused-ring (bicyclic) bond motifs is 1. The van der Waals surface area contributed by atoms with Crippen LogP contribution in [0.25, 0.3) is 21.2 Å². The van der Waals surface area contributed by atoms with Crippen LogP contribution in [0.4, 0.5) is 11.6 Å². The topological polar surface area (TPSA) is 74.2 Å². The molecule has 0 bridgehead atoms. The first kappa shape index (κ1) is 21.5. The zero-order valence-electron chi connectivity index (χ0n) is 18.7. The fraction of sp³-hybridized carbons (Fsp3) is 0.280. The van der Waals surface area contributed by atoms with Crippen molar-refractivity contribution in [2.75, 3.05) is 36.4 Å². The zero-order valence-corrected chi connectivity index (χ0v) is 19.5. The number of thiazole rings is 1. The van der Waals surface area contributed by atoms with Crippen LogP contribution in [-0.2, 0) is 0 Å². The van der Waals surface area contributed by atoms with Crippen molar-refractivity contribution in [3.05, 3.63) is 66.1 Å². The highest BCUT2D eigenvalue weighted by Gasteiger charge is 2.20. The number of aromatic nitrogens is 3. The lowest BCUT2D eigenvalue weighted by Crippen LogP contribution is -2.49. The summed E-state index contributed by atoms with van der Waals surface area (Å²) in [6, 6.07) is 12.3. The Morgan fingerprint density at radius 3 is 2.61 bits per heavy atom. The van der Waals surface area contributed by atoms with Gasteiger partial charge in [0.1, 0.15) is 11.6 Å². The summed E-state index contributed by atoms with van der Waals surface area (Å²) < 4.78 is 0. The molecule has 0 unspecified atom stereocenters. The van der Waals surface area contributed by atoms with Crippen molar-refractivity contribution in [2.24, 2.45) is 0 Å². The Balaban J connectivity index is 1.32. The number of rotatable bonds is 5. The average Bonchev–Trinajstić information content (AvgIpc) is 3.39. The van der Waals surface area contributed by atoms with Crippen molar-refractivity contribution in [3.63, 3.8) is 0 Å². The van der Waals surface area contributed by atoms with E-state index in [9.17, 15) is 4.79 Å². The maximum Gasteiger partial charge on any atom is 0.257 e. The van der Waals surface area contributed by atoms with Gasteiger partial charge in [-0.05, 0) is 49.1 Å². The summed E-state index contributed by atoms with van der Waals surface area (Å²) in [5.41, 5.74) is 3.50. The molecule has 3 aromatic heterocycles. The lowest BCUT2D eigenvalue weighted by atomic mass is 10.1. The highest BCUT2D eigenvalue weighted by molar-refractivity contribution is 7.13. The molecule has 0 spiro atoms. The second kappa shape index (κ2) is 9.25. The maximum absolute atomic E-state index is 13.0. The Hall–Kier alpha value is -3.36. The number of piperazine rings is 1. The molecule has 4 aromatic rings. The molecule has 168 valence electrons. The summed E-state index contributed by atoms with van der Waals surface area (Å²) in [6.45, 7) is 8.26. The number of pyridine rings is 2. The van der Waals surface area contributed by atoms with E-state index in [0.29, 0.717) is 17.4 Å². The Bertz CT molecular complexity index is 1270. The lowest BCUT2D eigenvalue weighted by molar-refractivity contribution is 0.102. The van der Waals surface area contributed by atoms with Crippen molar-refractivity contribution >= 4 is 39.7 Å². The molecular weight excluding hydrogens is 432 g/mol. The van der Waals surface area contributed by atoms with Gasteiger partial charge < -0.3 is 10.2 Å². The molecule has 1 aliphatic heterocycles. The molecule has 1 fully saturated rings.